The molecule has 3 rings (SSSR count). The average Bonchev–Trinajstić information content (AvgIpc) is 3.16. The van der Waals surface area contributed by atoms with Gasteiger partial charge in [0.1, 0.15) is 12.6 Å². The quantitative estimate of drug-likeness (QED) is 0.403. The summed E-state index contributed by atoms with van der Waals surface area (Å²) in [7, 11) is 1.19. The van der Waals surface area contributed by atoms with Crippen molar-refractivity contribution in [3.05, 3.63) is 59.7 Å². The number of benzene rings is 2. The van der Waals surface area contributed by atoms with E-state index >= 15 is 0 Å². The van der Waals surface area contributed by atoms with E-state index in [1.165, 1.54) is 7.11 Å². The zero-order valence-corrected chi connectivity index (χ0v) is 18.5. The van der Waals surface area contributed by atoms with Gasteiger partial charge < -0.3 is 25.2 Å². The van der Waals surface area contributed by atoms with E-state index < -0.39 is 30.0 Å². The number of methoxy groups -OCH3 is 1. The number of esters is 1. The van der Waals surface area contributed by atoms with Crippen molar-refractivity contribution in [3.63, 3.8) is 0 Å². The smallest absolute Gasteiger partial charge is 0.407 e. The number of fused-ring (bicyclic) bond motifs is 3. The van der Waals surface area contributed by atoms with Gasteiger partial charge >= 0.3 is 18.0 Å². The fraction of sp³-hybridized carbons (Fsp3) is 0.280. The Morgan fingerprint density at radius 2 is 1.65 bits per heavy atom. The van der Waals surface area contributed by atoms with Gasteiger partial charge in [-0.15, -0.1) is 0 Å². The molecule has 0 aliphatic heterocycles. The van der Waals surface area contributed by atoms with E-state index in [0.29, 0.717) is 0 Å². The molecule has 0 unspecified atom stereocenters. The summed E-state index contributed by atoms with van der Waals surface area (Å²) in [4.78, 5) is 46.3. The molecule has 34 heavy (non-hydrogen) atoms. The largest absolute Gasteiger partial charge is 0.480 e. The molecule has 2 amide bonds. The molecule has 0 spiro atoms. The monoisotopic (exact) mass is 464 g/mol. The Morgan fingerprint density at radius 3 is 2.24 bits per heavy atom. The molecule has 0 radical (unpaired) electrons. The number of carboxylic acids is 1. The van der Waals surface area contributed by atoms with Crippen LogP contribution in [0.3, 0.4) is 0 Å². The number of hydrogen-bond acceptors (Lipinski definition) is 6. The third-order valence-corrected chi connectivity index (χ3v) is 5.33. The van der Waals surface area contributed by atoms with E-state index in [1.54, 1.807) is 0 Å². The average molecular weight is 464 g/mol. The molecular weight excluding hydrogens is 440 g/mol. The molecular formula is C25H24N2O7. The SMILES string of the molecule is COC(=O)CC[C@@H](NC(=O)C#CCNC(=O)OCC1c2ccccc2-c2ccccc21)C(=O)O. The Bertz CT molecular complexity index is 1100. The van der Waals surface area contributed by atoms with E-state index in [0.717, 1.165) is 22.3 Å². The molecule has 0 aromatic heterocycles. The minimum Gasteiger partial charge on any atom is -0.480 e. The van der Waals surface area contributed by atoms with E-state index in [2.05, 4.69) is 27.2 Å². The highest BCUT2D eigenvalue weighted by Crippen LogP contribution is 2.44. The highest BCUT2D eigenvalue weighted by Gasteiger charge is 2.29. The van der Waals surface area contributed by atoms with Crippen molar-refractivity contribution in [2.45, 2.75) is 24.8 Å². The molecule has 0 bridgehead atoms. The summed E-state index contributed by atoms with van der Waals surface area (Å²) in [6, 6.07) is 14.7. The van der Waals surface area contributed by atoms with Crippen LogP contribution in [0.15, 0.2) is 48.5 Å². The number of carbonyl (C=O) groups excluding carboxylic acids is 3. The number of carbonyl (C=O) groups is 4. The third kappa shape index (κ3) is 6.13. The van der Waals surface area contributed by atoms with Gasteiger partial charge in [0.05, 0.1) is 13.7 Å². The molecule has 3 N–H and O–H groups in total. The molecule has 0 heterocycles. The molecule has 9 heteroatoms. The standard InChI is InChI=1S/C25H24N2O7/c1-33-23(29)13-12-21(24(30)31)27-22(28)11-6-14-26-25(32)34-15-20-18-9-4-2-7-16(18)17-8-3-5-10-19(17)20/h2-5,7-10,20-21H,12-15H2,1H3,(H,26,32)(H,27,28)(H,30,31)/t21-/m1/s1. The van der Waals surface area contributed by atoms with Gasteiger partial charge in [-0.25, -0.2) is 9.59 Å². The summed E-state index contributed by atoms with van der Waals surface area (Å²) >= 11 is 0. The van der Waals surface area contributed by atoms with Crippen LogP contribution in [-0.2, 0) is 23.9 Å². The first-order chi connectivity index (χ1) is 16.4. The Balaban J connectivity index is 1.46. The van der Waals surface area contributed by atoms with Crippen molar-refractivity contribution in [1.29, 1.82) is 0 Å². The van der Waals surface area contributed by atoms with Crippen LogP contribution in [0.2, 0.25) is 0 Å². The molecule has 9 nitrogen and oxygen atoms in total. The maximum Gasteiger partial charge on any atom is 0.407 e. The van der Waals surface area contributed by atoms with Crippen LogP contribution in [0.1, 0.15) is 29.9 Å². The van der Waals surface area contributed by atoms with E-state index in [-0.39, 0.29) is 31.9 Å². The summed E-state index contributed by atoms with van der Waals surface area (Å²) in [6.07, 6.45) is -0.976. The fourth-order valence-electron chi connectivity index (χ4n) is 3.71. The minimum atomic E-state index is -1.30. The Kier molecular flexibility index (Phi) is 8.24. The zero-order valence-electron chi connectivity index (χ0n) is 18.5. The summed E-state index contributed by atoms with van der Waals surface area (Å²) < 4.78 is 9.82. The lowest BCUT2D eigenvalue weighted by Gasteiger charge is -2.14. The first-order valence-electron chi connectivity index (χ1n) is 10.6. The Labute approximate surface area is 196 Å². The molecule has 1 aliphatic carbocycles. The van der Waals surface area contributed by atoms with E-state index in [4.69, 9.17) is 9.84 Å². The second-order valence-corrected chi connectivity index (χ2v) is 7.46. The van der Waals surface area contributed by atoms with Gasteiger partial charge in [0.2, 0.25) is 0 Å². The lowest BCUT2D eigenvalue weighted by Crippen LogP contribution is -2.40. The molecule has 0 saturated heterocycles. The lowest BCUT2D eigenvalue weighted by molar-refractivity contribution is -0.143. The van der Waals surface area contributed by atoms with Gasteiger partial charge in [-0.1, -0.05) is 54.5 Å². The molecule has 1 atom stereocenters. The topological polar surface area (TPSA) is 131 Å². The van der Waals surface area contributed by atoms with E-state index in [9.17, 15) is 19.2 Å². The molecule has 0 fully saturated rings. The predicted molar refractivity (Wildman–Crippen MR) is 122 cm³/mol. The zero-order chi connectivity index (χ0) is 24.5. The number of hydrogen-bond donors (Lipinski definition) is 3. The van der Waals surface area contributed by atoms with Crippen molar-refractivity contribution in [2.24, 2.45) is 0 Å². The summed E-state index contributed by atoms with van der Waals surface area (Å²) in [6.45, 7) is -0.0156. The van der Waals surface area contributed by atoms with Crippen LogP contribution >= 0.6 is 0 Å². The normalized spacial score (nSPS) is 12.3. The molecule has 0 saturated carbocycles. The molecule has 2 aromatic carbocycles. The molecule has 2 aromatic rings. The van der Waals surface area contributed by atoms with Crippen molar-refractivity contribution < 1.29 is 33.8 Å². The van der Waals surface area contributed by atoms with E-state index in [1.807, 2.05) is 48.5 Å². The number of amides is 2. The van der Waals surface area contributed by atoms with Gasteiger partial charge in [0, 0.05) is 12.3 Å². The van der Waals surface area contributed by atoms with Crippen LogP contribution in [0.5, 0.6) is 0 Å². The number of nitrogens with one attached hydrogen (secondary N) is 2. The maximum atomic E-state index is 12.1. The first-order valence-corrected chi connectivity index (χ1v) is 10.6. The van der Waals surface area contributed by atoms with Gasteiger partial charge in [0.15, 0.2) is 0 Å². The summed E-state index contributed by atoms with van der Waals surface area (Å²) in [5, 5.41) is 13.8. The first kappa shape index (κ1) is 24.3. The van der Waals surface area contributed by atoms with Crippen LogP contribution < -0.4 is 10.6 Å². The van der Waals surface area contributed by atoms with Crippen LogP contribution in [0.25, 0.3) is 11.1 Å². The number of carboxylic acid groups (broad SMARTS) is 1. The van der Waals surface area contributed by atoms with Gasteiger partial charge in [-0.3, -0.25) is 9.59 Å². The second kappa shape index (κ2) is 11.5. The summed E-state index contributed by atoms with van der Waals surface area (Å²) in [5.74, 6) is 1.84. The maximum absolute atomic E-state index is 12.1. The van der Waals surface area contributed by atoms with Crippen molar-refractivity contribution in [1.82, 2.24) is 10.6 Å². The fourth-order valence-corrected chi connectivity index (χ4v) is 3.71. The number of aliphatic carboxylic acids is 1. The third-order valence-electron chi connectivity index (χ3n) is 5.33. The Morgan fingerprint density at radius 1 is 1.03 bits per heavy atom. The van der Waals surface area contributed by atoms with Crippen LogP contribution in [0.4, 0.5) is 4.79 Å². The number of alkyl carbamates (subject to hydrolysis) is 1. The number of rotatable bonds is 8. The number of ether oxygens (including phenoxy) is 2. The summed E-state index contributed by atoms with van der Waals surface area (Å²) in [5.41, 5.74) is 4.42. The van der Waals surface area contributed by atoms with Gasteiger partial charge in [0.25, 0.3) is 5.91 Å². The Hall–Kier alpha value is -4.32. The van der Waals surface area contributed by atoms with Gasteiger partial charge in [-0.05, 0) is 34.6 Å². The highest BCUT2D eigenvalue weighted by molar-refractivity contribution is 5.96. The highest BCUT2D eigenvalue weighted by atomic mass is 16.5. The van der Waals surface area contributed by atoms with Crippen molar-refractivity contribution >= 4 is 23.9 Å². The predicted octanol–water partition coefficient (Wildman–Crippen LogP) is 2.05. The molecule has 1 aliphatic rings. The lowest BCUT2D eigenvalue weighted by atomic mass is 9.98. The second-order valence-electron chi connectivity index (χ2n) is 7.46. The van der Waals surface area contributed by atoms with Crippen LogP contribution in [-0.4, -0.2) is 55.3 Å². The molecule has 176 valence electrons. The van der Waals surface area contributed by atoms with Gasteiger partial charge in [-0.2, -0.15) is 0 Å². The van der Waals surface area contributed by atoms with Crippen molar-refractivity contribution in [3.8, 4) is 23.0 Å². The van der Waals surface area contributed by atoms with Crippen molar-refractivity contribution in [2.75, 3.05) is 20.3 Å². The minimum absolute atomic E-state index is 0.0760. The van der Waals surface area contributed by atoms with Crippen LogP contribution in [0, 0.1) is 11.8 Å².